The van der Waals surface area contributed by atoms with Gasteiger partial charge in [-0.3, -0.25) is 10.1 Å². The molecule has 0 aliphatic carbocycles. The number of nitrogens with zero attached hydrogens (tertiary/aromatic N) is 2. The quantitative estimate of drug-likeness (QED) is 0.685. The molecule has 1 fully saturated rings. The molecular formula is C13H14F2N2O4. The predicted octanol–water partition coefficient (Wildman–Crippen LogP) is 2.71. The van der Waals surface area contributed by atoms with E-state index in [1.807, 2.05) is 0 Å². The molecule has 1 aromatic rings. The van der Waals surface area contributed by atoms with E-state index in [1.54, 1.807) is 0 Å². The van der Waals surface area contributed by atoms with Crippen LogP contribution in [0.3, 0.4) is 0 Å². The summed E-state index contributed by atoms with van der Waals surface area (Å²) in [5.74, 6) is -3.85. The number of hydrogen-bond acceptors (Lipinski definition) is 4. The Bertz CT molecular complexity index is 608. The van der Waals surface area contributed by atoms with E-state index in [9.17, 15) is 28.8 Å². The van der Waals surface area contributed by atoms with Crippen LogP contribution < -0.4 is 4.90 Å². The van der Waals surface area contributed by atoms with Crippen molar-refractivity contribution < 1.29 is 23.6 Å². The fourth-order valence-electron chi connectivity index (χ4n) is 2.64. The van der Waals surface area contributed by atoms with Crippen molar-refractivity contribution in [2.24, 2.45) is 0 Å². The van der Waals surface area contributed by atoms with Crippen molar-refractivity contribution in [3.8, 4) is 0 Å². The first-order valence-electron chi connectivity index (χ1n) is 6.42. The maximum Gasteiger partial charge on any atom is 0.329 e. The van der Waals surface area contributed by atoms with Gasteiger partial charge >= 0.3 is 5.97 Å². The second-order valence-corrected chi connectivity index (χ2v) is 5.17. The van der Waals surface area contributed by atoms with Gasteiger partial charge in [-0.1, -0.05) is 0 Å². The minimum absolute atomic E-state index is 0.115. The summed E-state index contributed by atoms with van der Waals surface area (Å²) in [6.07, 6.45) is 1.36. The third kappa shape index (κ3) is 2.41. The molecule has 0 radical (unpaired) electrons. The third-order valence-electron chi connectivity index (χ3n) is 3.87. The zero-order valence-electron chi connectivity index (χ0n) is 11.3. The Labute approximate surface area is 119 Å². The van der Waals surface area contributed by atoms with E-state index in [1.165, 1.54) is 6.92 Å². The van der Waals surface area contributed by atoms with Gasteiger partial charge in [-0.05, 0) is 32.3 Å². The Morgan fingerprint density at radius 2 is 2.10 bits per heavy atom. The summed E-state index contributed by atoms with van der Waals surface area (Å²) in [5.41, 5.74) is -2.73. The summed E-state index contributed by atoms with van der Waals surface area (Å²) < 4.78 is 27.6. The maximum atomic E-state index is 14.1. The van der Waals surface area contributed by atoms with Crippen LogP contribution >= 0.6 is 0 Å². The lowest BCUT2D eigenvalue weighted by molar-refractivity contribution is -0.384. The highest BCUT2D eigenvalue weighted by atomic mass is 19.2. The lowest BCUT2D eigenvalue weighted by atomic mass is 9.87. The molecule has 6 nitrogen and oxygen atoms in total. The Kier molecular flexibility index (Phi) is 3.80. The van der Waals surface area contributed by atoms with Crippen molar-refractivity contribution in [3.05, 3.63) is 33.9 Å². The van der Waals surface area contributed by atoms with Crippen LogP contribution in [0.1, 0.15) is 26.2 Å². The van der Waals surface area contributed by atoms with Crippen molar-refractivity contribution in [2.45, 2.75) is 31.7 Å². The lowest BCUT2D eigenvalue weighted by Crippen LogP contribution is -2.56. The first-order chi connectivity index (χ1) is 9.79. The fourth-order valence-corrected chi connectivity index (χ4v) is 2.64. The van der Waals surface area contributed by atoms with Gasteiger partial charge in [-0.2, -0.15) is 0 Å². The van der Waals surface area contributed by atoms with Gasteiger partial charge in [0.15, 0.2) is 17.3 Å². The predicted molar refractivity (Wildman–Crippen MR) is 70.3 cm³/mol. The zero-order valence-corrected chi connectivity index (χ0v) is 11.3. The minimum Gasteiger partial charge on any atom is -0.480 e. The summed E-state index contributed by atoms with van der Waals surface area (Å²) in [6, 6.07) is 1.52. The van der Waals surface area contributed by atoms with Crippen LogP contribution in [0.2, 0.25) is 0 Å². The number of anilines is 1. The summed E-state index contributed by atoms with van der Waals surface area (Å²) in [4.78, 5) is 22.8. The molecule has 1 atom stereocenters. The zero-order chi connectivity index (χ0) is 15.8. The number of halogens is 2. The van der Waals surface area contributed by atoms with Crippen LogP contribution in [-0.4, -0.2) is 28.1 Å². The van der Waals surface area contributed by atoms with Gasteiger partial charge in [0, 0.05) is 12.6 Å². The molecule has 114 valence electrons. The van der Waals surface area contributed by atoms with Gasteiger partial charge in [0.25, 0.3) is 5.69 Å². The molecule has 0 saturated carbocycles. The van der Waals surface area contributed by atoms with Crippen molar-refractivity contribution in [2.75, 3.05) is 11.4 Å². The number of nitro benzene ring substituents is 1. The molecule has 0 amide bonds. The average Bonchev–Trinajstić information content (AvgIpc) is 2.42. The molecule has 1 unspecified atom stereocenters. The van der Waals surface area contributed by atoms with Crippen LogP contribution in [0.25, 0.3) is 0 Å². The number of benzene rings is 1. The van der Waals surface area contributed by atoms with E-state index >= 15 is 0 Å². The molecule has 0 bridgehead atoms. The van der Waals surface area contributed by atoms with Gasteiger partial charge in [-0.15, -0.1) is 0 Å². The van der Waals surface area contributed by atoms with E-state index in [-0.39, 0.29) is 13.0 Å². The Morgan fingerprint density at radius 1 is 1.43 bits per heavy atom. The molecule has 1 saturated heterocycles. The largest absolute Gasteiger partial charge is 0.480 e. The monoisotopic (exact) mass is 300 g/mol. The van der Waals surface area contributed by atoms with Gasteiger partial charge < -0.3 is 10.0 Å². The molecule has 1 aliphatic rings. The molecule has 1 heterocycles. The number of rotatable bonds is 3. The first-order valence-corrected chi connectivity index (χ1v) is 6.42. The van der Waals surface area contributed by atoms with Crippen LogP contribution in [0.4, 0.5) is 20.2 Å². The Morgan fingerprint density at radius 3 is 2.67 bits per heavy atom. The SMILES string of the molecule is CC1(C(=O)O)CCCCN1c1c([N+](=O)[O-])ccc(F)c1F. The van der Waals surface area contributed by atoms with Crippen molar-refractivity contribution in [3.63, 3.8) is 0 Å². The number of carboxylic acids is 1. The molecule has 1 N–H and O–H groups in total. The summed E-state index contributed by atoms with van der Waals surface area (Å²) in [7, 11) is 0. The van der Waals surface area contributed by atoms with Crippen LogP contribution in [0.15, 0.2) is 12.1 Å². The van der Waals surface area contributed by atoms with E-state index in [2.05, 4.69) is 0 Å². The Balaban J connectivity index is 2.66. The van der Waals surface area contributed by atoms with Crippen molar-refractivity contribution >= 4 is 17.3 Å². The summed E-state index contributed by atoms with van der Waals surface area (Å²) >= 11 is 0. The summed E-state index contributed by atoms with van der Waals surface area (Å²) in [5, 5.41) is 20.4. The van der Waals surface area contributed by atoms with Gasteiger partial charge in [-0.25, -0.2) is 13.6 Å². The number of nitro groups is 1. The van der Waals surface area contributed by atoms with Crippen LogP contribution in [0.5, 0.6) is 0 Å². The second kappa shape index (κ2) is 5.27. The van der Waals surface area contributed by atoms with Crippen molar-refractivity contribution in [1.82, 2.24) is 0 Å². The highest BCUT2D eigenvalue weighted by Crippen LogP contribution is 2.40. The number of piperidine rings is 1. The van der Waals surface area contributed by atoms with Crippen LogP contribution in [0, 0.1) is 21.7 Å². The third-order valence-corrected chi connectivity index (χ3v) is 3.87. The van der Waals surface area contributed by atoms with E-state index in [4.69, 9.17) is 0 Å². The Hall–Kier alpha value is -2.25. The van der Waals surface area contributed by atoms with Gasteiger partial charge in [0.05, 0.1) is 4.92 Å². The molecule has 1 aromatic carbocycles. The molecule has 8 heteroatoms. The lowest BCUT2D eigenvalue weighted by Gasteiger charge is -2.42. The maximum absolute atomic E-state index is 14.1. The molecule has 2 rings (SSSR count). The normalized spacial score (nSPS) is 22.1. The standard InChI is InChI=1S/C13H14F2N2O4/c1-13(12(18)19)6-2-3-7-16(13)11-9(17(20)21)5-4-8(14)10(11)15/h4-5H,2-3,6-7H2,1H3,(H,18,19). The molecule has 0 spiro atoms. The van der Waals surface area contributed by atoms with E-state index in [0.717, 1.165) is 11.0 Å². The molecule has 21 heavy (non-hydrogen) atoms. The average molecular weight is 300 g/mol. The first kappa shape index (κ1) is 15.1. The number of carbonyl (C=O) groups is 1. The van der Waals surface area contributed by atoms with Gasteiger partial charge in [0.2, 0.25) is 0 Å². The topological polar surface area (TPSA) is 83.7 Å². The van der Waals surface area contributed by atoms with Gasteiger partial charge in [0.1, 0.15) is 5.54 Å². The van der Waals surface area contributed by atoms with Crippen LogP contribution in [-0.2, 0) is 4.79 Å². The van der Waals surface area contributed by atoms with E-state index < -0.39 is 39.4 Å². The number of hydrogen-bond donors (Lipinski definition) is 1. The molecule has 1 aliphatic heterocycles. The second-order valence-electron chi connectivity index (χ2n) is 5.17. The minimum atomic E-state index is -1.50. The fraction of sp³-hybridized carbons (Fsp3) is 0.462. The summed E-state index contributed by atoms with van der Waals surface area (Å²) in [6.45, 7) is 1.48. The van der Waals surface area contributed by atoms with Crippen molar-refractivity contribution in [1.29, 1.82) is 0 Å². The molecule has 0 aromatic heterocycles. The number of aliphatic carboxylic acids is 1. The molecular weight excluding hydrogens is 286 g/mol. The number of carboxylic acid groups (broad SMARTS) is 1. The smallest absolute Gasteiger partial charge is 0.329 e. The highest BCUT2D eigenvalue weighted by molar-refractivity contribution is 5.85. The highest BCUT2D eigenvalue weighted by Gasteiger charge is 2.45. The van der Waals surface area contributed by atoms with E-state index in [0.29, 0.717) is 18.9 Å².